The monoisotopic (exact) mass is 287 g/mol. The van der Waals surface area contributed by atoms with Crippen LogP contribution in [-0.2, 0) is 6.54 Å². The van der Waals surface area contributed by atoms with E-state index in [2.05, 4.69) is 24.4 Å². The number of rotatable bonds is 6. The second kappa shape index (κ2) is 7.23. The van der Waals surface area contributed by atoms with E-state index in [-0.39, 0.29) is 18.0 Å². The van der Waals surface area contributed by atoms with E-state index in [0.717, 1.165) is 11.3 Å². The predicted octanol–water partition coefficient (Wildman–Crippen LogP) is 4.46. The number of halogens is 1. The summed E-state index contributed by atoms with van der Waals surface area (Å²) in [4.78, 5) is 0. The van der Waals surface area contributed by atoms with Gasteiger partial charge >= 0.3 is 0 Å². The minimum Gasteiger partial charge on any atom is -0.491 e. The summed E-state index contributed by atoms with van der Waals surface area (Å²) in [5.41, 5.74) is 2.13. The molecule has 0 saturated carbocycles. The van der Waals surface area contributed by atoms with Gasteiger partial charge in [0.25, 0.3) is 0 Å². The van der Waals surface area contributed by atoms with Crippen LogP contribution >= 0.6 is 0 Å². The van der Waals surface area contributed by atoms with Crippen molar-refractivity contribution in [3.63, 3.8) is 0 Å². The lowest BCUT2D eigenvalue weighted by Gasteiger charge is -2.16. The molecule has 0 spiro atoms. The summed E-state index contributed by atoms with van der Waals surface area (Å²) in [5.74, 6) is 0.684. The van der Waals surface area contributed by atoms with Crippen molar-refractivity contribution >= 4 is 0 Å². The van der Waals surface area contributed by atoms with Gasteiger partial charge in [-0.2, -0.15) is 0 Å². The predicted molar refractivity (Wildman–Crippen MR) is 83.9 cm³/mol. The standard InChI is InChI=1S/C18H22FNO/c1-13(2)21-18-9-7-16(8-10-18)14(3)20-12-15-5-4-6-17(19)11-15/h4-11,13-14,20H,12H2,1-3H3. The highest BCUT2D eigenvalue weighted by atomic mass is 19.1. The molecule has 2 nitrogen and oxygen atoms in total. The lowest BCUT2D eigenvalue weighted by molar-refractivity contribution is 0.242. The summed E-state index contributed by atoms with van der Waals surface area (Å²) in [6.07, 6.45) is 0.180. The molecule has 1 unspecified atom stereocenters. The number of hydrogen-bond donors (Lipinski definition) is 1. The molecule has 0 aromatic heterocycles. The Bertz CT molecular complexity index is 566. The summed E-state index contributed by atoms with van der Waals surface area (Å²) in [6.45, 7) is 6.76. The van der Waals surface area contributed by atoms with Crippen LogP contribution in [0, 0.1) is 5.82 Å². The van der Waals surface area contributed by atoms with E-state index >= 15 is 0 Å². The zero-order valence-electron chi connectivity index (χ0n) is 12.8. The topological polar surface area (TPSA) is 21.3 Å². The van der Waals surface area contributed by atoms with Crippen molar-refractivity contribution in [2.45, 2.75) is 39.5 Å². The average Bonchev–Trinajstić information content (AvgIpc) is 2.45. The van der Waals surface area contributed by atoms with Crippen molar-refractivity contribution in [1.29, 1.82) is 0 Å². The fourth-order valence-corrected chi connectivity index (χ4v) is 2.14. The Hall–Kier alpha value is -1.87. The van der Waals surface area contributed by atoms with Gasteiger partial charge in [-0.3, -0.25) is 0 Å². The first-order valence-electron chi connectivity index (χ1n) is 7.29. The molecule has 1 N–H and O–H groups in total. The van der Waals surface area contributed by atoms with Crippen molar-refractivity contribution in [2.75, 3.05) is 0 Å². The zero-order chi connectivity index (χ0) is 15.2. The molecule has 0 aliphatic heterocycles. The minimum atomic E-state index is -0.197. The van der Waals surface area contributed by atoms with E-state index < -0.39 is 0 Å². The van der Waals surface area contributed by atoms with Crippen LogP contribution in [-0.4, -0.2) is 6.10 Å². The Kier molecular flexibility index (Phi) is 5.34. The third kappa shape index (κ3) is 4.87. The van der Waals surface area contributed by atoms with E-state index in [4.69, 9.17) is 4.74 Å². The molecule has 0 bridgehead atoms. The van der Waals surface area contributed by atoms with E-state index in [1.165, 1.54) is 11.6 Å². The lowest BCUT2D eigenvalue weighted by atomic mass is 10.1. The van der Waals surface area contributed by atoms with E-state index in [1.807, 2.05) is 32.0 Å². The third-order valence-electron chi connectivity index (χ3n) is 3.25. The van der Waals surface area contributed by atoms with Gasteiger partial charge in [-0.25, -0.2) is 4.39 Å². The van der Waals surface area contributed by atoms with Crippen molar-refractivity contribution in [3.05, 3.63) is 65.5 Å². The molecule has 0 fully saturated rings. The minimum absolute atomic E-state index is 0.180. The molecule has 3 heteroatoms. The van der Waals surface area contributed by atoms with Crippen LogP contribution in [0.25, 0.3) is 0 Å². The Morgan fingerprint density at radius 1 is 1.05 bits per heavy atom. The maximum Gasteiger partial charge on any atom is 0.123 e. The maximum atomic E-state index is 13.1. The molecular weight excluding hydrogens is 265 g/mol. The van der Waals surface area contributed by atoms with Gasteiger partial charge in [-0.05, 0) is 56.2 Å². The molecule has 2 aromatic rings. The Morgan fingerprint density at radius 2 is 1.76 bits per heavy atom. The van der Waals surface area contributed by atoms with Crippen molar-refractivity contribution in [1.82, 2.24) is 5.32 Å². The quantitative estimate of drug-likeness (QED) is 0.846. The van der Waals surface area contributed by atoms with Crippen LogP contribution in [0.4, 0.5) is 4.39 Å². The molecule has 2 aromatic carbocycles. The van der Waals surface area contributed by atoms with Gasteiger partial charge in [-0.15, -0.1) is 0 Å². The molecule has 0 heterocycles. The Balaban J connectivity index is 1.92. The first kappa shape index (κ1) is 15.5. The van der Waals surface area contributed by atoms with Gasteiger partial charge in [0.15, 0.2) is 0 Å². The molecular formula is C18H22FNO. The SMILES string of the molecule is CC(C)Oc1ccc(C(C)NCc2cccc(F)c2)cc1. The average molecular weight is 287 g/mol. The van der Waals surface area contributed by atoms with E-state index in [9.17, 15) is 4.39 Å². The van der Waals surface area contributed by atoms with Gasteiger partial charge in [0.2, 0.25) is 0 Å². The number of benzene rings is 2. The van der Waals surface area contributed by atoms with Crippen LogP contribution in [0.2, 0.25) is 0 Å². The van der Waals surface area contributed by atoms with Crippen LogP contribution in [0.3, 0.4) is 0 Å². The number of nitrogens with one attached hydrogen (secondary N) is 1. The summed E-state index contributed by atoms with van der Waals surface area (Å²) in [6, 6.07) is 14.9. The zero-order valence-corrected chi connectivity index (χ0v) is 12.8. The second-order valence-electron chi connectivity index (χ2n) is 5.47. The van der Waals surface area contributed by atoms with Gasteiger partial charge in [0, 0.05) is 12.6 Å². The molecule has 21 heavy (non-hydrogen) atoms. The summed E-state index contributed by atoms with van der Waals surface area (Å²) in [7, 11) is 0. The van der Waals surface area contributed by atoms with Crippen molar-refractivity contribution < 1.29 is 9.13 Å². The molecule has 0 aliphatic rings. The molecule has 112 valence electrons. The first-order chi connectivity index (χ1) is 10.0. The van der Waals surface area contributed by atoms with Crippen molar-refractivity contribution in [2.24, 2.45) is 0 Å². The third-order valence-corrected chi connectivity index (χ3v) is 3.25. The van der Waals surface area contributed by atoms with Crippen LogP contribution in [0.15, 0.2) is 48.5 Å². The molecule has 0 radical (unpaired) electrons. The van der Waals surface area contributed by atoms with Crippen LogP contribution < -0.4 is 10.1 Å². The molecule has 0 saturated heterocycles. The van der Waals surface area contributed by atoms with Gasteiger partial charge in [0.05, 0.1) is 6.10 Å². The second-order valence-corrected chi connectivity index (χ2v) is 5.47. The highest BCUT2D eigenvalue weighted by Crippen LogP contribution is 2.19. The van der Waals surface area contributed by atoms with E-state index in [0.29, 0.717) is 6.54 Å². The van der Waals surface area contributed by atoms with E-state index in [1.54, 1.807) is 12.1 Å². The fraction of sp³-hybridized carbons (Fsp3) is 0.333. The van der Waals surface area contributed by atoms with Gasteiger partial charge in [0.1, 0.15) is 11.6 Å². The number of ether oxygens (including phenoxy) is 1. The van der Waals surface area contributed by atoms with Gasteiger partial charge in [-0.1, -0.05) is 24.3 Å². The molecule has 1 atom stereocenters. The van der Waals surface area contributed by atoms with Crippen molar-refractivity contribution in [3.8, 4) is 5.75 Å². The van der Waals surface area contributed by atoms with Crippen LogP contribution in [0.1, 0.15) is 37.9 Å². The lowest BCUT2D eigenvalue weighted by Crippen LogP contribution is -2.18. The largest absolute Gasteiger partial charge is 0.491 e. The highest BCUT2D eigenvalue weighted by molar-refractivity contribution is 5.29. The highest BCUT2D eigenvalue weighted by Gasteiger charge is 2.06. The summed E-state index contributed by atoms with van der Waals surface area (Å²) < 4.78 is 18.8. The molecule has 0 amide bonds. The maximum absolute atomic E-state index is 13.1. The van der Waals surface area contributed by atoms with Gasteiger partial charge < -0.3 is 10.1 Å². The normalized spacial score (nSPS) is 12.4. The summed E-state index contributed by atoms with van der Waals surface area (Å²) in [5, 5.41) is 3.40. The first-order valence-corrected chi connectivity index (χ1v) is 7.29. The Morgan fingerprint density at radius 3 is 2.38 bits per heavy atom. The summed E-state index contributed by atoms with van der Waals surface area (Å²) >= 11 is 0. The Labute approximate surface area is 126 Å². The fourth-order valence-electron chi connectivity index (χ4n) is 2.14. The number of hydrogen-bond acceptors (Lipinski definition) is 2. The molecule has 0 aliphatic carbocycles. The van der Waals surface area contributed by atoms with Crippen LogP contribution in [0.5, 0.6) is 5.75 Å². The smallest absolute Gasteiger partial charge is 0.123 e. The molecule has 2 rings (SSSR count).